The molecule has 1 unspecified atom stereocenters. The molecule has 0 radical (unpaired) electrons. The maximum absolute atomic E-state index is 11.7. The van der Waals surface area contributed by atoms with E-state index in [-0.39, 0.29) is 12.1 Å². The second kappa shape index (κ2) is 6.23. The van der Waals surface area contributed by atoms with Crippen molar-refractivity contribution in [3.63, 3.8) is 0 Å². The van der Waals surface area contributed by atoms with E-state index in [4.69, 9.17) is 16.3 Å². The molecule has 1 aliphatic heterocycles. The molecule has 1 fully saturated rings. The van der Waals surface area contributed by atoms with Crippen molar-refractivity contribution in [2.45, 2.75) is 13.0 Å². The summed E-state index contributed by atoms with van der Waals surface area (Å²) < 4.78 is 4.98. The number of anilines is 2. The number of cyclic esters (lactones) is 1. The number of amides is 1. The fourth-order valence-electron chi connectivity index (χ4n) is 2.42. The molecule has 0 aliphatic carbocycles. The van der Waals surface area contributed by atoms with Gasteiger partial charge >= 0.3 is 6.09 Å². The Morgan fingerprint density at radius 3 is 2.95 bits per heavy atom. The lowest BCUT2D eigenvalue weighted by Crippen LogP contribution is -2.23. The van der Waals surface area contributed by atoms with E-state index in [0.29, 0.717) is 18.3 Å². The van der Waals surface area contributed by atoms with E-state index in [1.807, 2.05) is 30.3 Å². The predicted molar refractivity (Wildman–Crippen MR) is 86.4 cm³/mol. The van der Waals surface area contributed by atoms with Crippen molar-refractivity contribution in [2.24, 2.45) is 0 Å². The summed E-state index contributed by atoms with van der Waals surface area (Å²) in [5, 5.41) is 3.82. The number of nitrogens with one attached hydrogen (secondary N) is 1. The Hall–Kier alpha value is -2.27. The summed E-state index contributed by atoms with van der Waals surface area (Å²) in [7, 11) is 0. The van der Waals surface area contributed by atoms with Crippen LogP contribution in [0.5, 0.6) is 0 Å². The van der Waals surface area contributed by atoms with E-state index >= 15 is 0 Å². The third-order valence-corrected chi connectivity index (χ3v) is 3.76. The van der Waals surface area contributed by atoms with Gasteiger partial charge in [-0.15, -0.1) is 0 Å². The molecule has 1 saturated heterocycles. The summed E-state index contributed by atoms with van der Waals surface area (Å²) in [5.74, 6) is 0. The van der Waals surface area contributed by atoms with Crippen LogP contribution in [0.4, 0.5) is 16.2 Å². The zero-order chi connectivity index (χ0) is 15.5. The maximum atomic E-state index is 11.7. The topological polar surface area (TPSA) is 54.5 Å². The number of aromatic nitrogens is 1. The Kier molecular flexibility index (Phi) is 4.15. The molecule has 3 rings (SSSR count). The molecular weight excluding hydrogens is 302 g/mol. The third-order valence-electron chi connectivity index (χ3n) is 3.55. The average Bonchev–Trinajstić information content (AvgIpc) is 2.93. The molecule has 1 N–H and O–H groups in total. The normalized spacial score (nSPS) is 15.5. The van der Waals surface area contributed by atoms with Crippen LogP contribution in [0.2, 0.25) is 5.15 Å². The molecule has 5 nitrogen and oxygen atoms in total. The molecule has 1 aromatic carbocycles. The van der Waals surface area contributed by atoms with Crippen LogP contribution in [-0.4, -0.2) is 24.2 Å². The average molecular weight is 318 g/mol. The number of ether oxygens (including phenoxy) is 1. The SMILES string of the molecule is CC(Nc1ccnc(Cl)c1)c1cccc(N2CCOC2=O)c1. The van der Waals surface area contributed by atoms with Crippen molar-refractivity contribution >= 4 is 29.1 Å². The first kappa shape index (κ1) is 14.7. The molecule has 0 saturated carbocycles. The van der Waals surface area contributed by atoms with Crippen molar-refractivity contribution in [2.75, 3.05) is 23.4 Å². The summed E-state index contributed by atoms with van der Waals surface area (Å²) in [4.78, 5) is 17.3. The number of rotatable bonds is 4. The Morgan fingerprint density at radius 2 is 2.23 bits per heavy atom. The number of carbonyl (C=O) groups excluding carboxylic acids is 1. The Labute approximate surface area is 133 Å². The summed E-state index contributed by atoms with van der Waals surface area (Å²) in [6.45, 7) is 3.08. The van der Waals surface area contributed by atoms with E-state index < -0.39 is 0 Å². The summed E-state index contributed by atoms with van der Waals surface area (Å²) in [6, 6.07) is 11.6. The van der Waals surface area contributed by atoms with Gasteiger partial charge in [-0.1, -0.05) is 23.7 Å². The largest absolute Gasteiger partial charge is 0.447 e. The van der Waals surface area contributed by atoms with Crippen LogP contribution in [0.1, 0.15) is 18.5 Å². The van der Waals surface area contributed by atoms with Crippen molar-refractivity contribution in [1.82, 2.24) is 4.98 Å². The smallest absolute Gasteiger partial charge is 0.414 e. The molecule has 114 valence electrons. The molecule has 1 atom stereocenters. The van der Waals surface area contributed by atoms with Gasteiger partial charge in [0.25, 0.3) is 0 Å². The predicted octanol–water partition coefficient (Wildman–Crippen LogP) is 3.86. The molecule has 1 aliphatic rings. The van der Waals surface area contributed by atoms with Crippen LogP contribution in [0.25, 0.3) is 0 Å². The van der Waals surface area contributed by atoms with E-state index in [9.17, 15) is 4.79 Å². The van der Waals surface area contributed by atoms with Crippen LogP contribution in [-0.2, 0) is 4.74 Å². The van der Waals surface area contributed by atoms with Gasteiger partial charge in [0.05, 0.1) is 6.54 Å². The van der Waals surface area contributed by atoms with Crippen LogP contribution in [0.3, 0.4) is 0 Å². The van der Waals surface area contributed by atoms with Gasteiger partial charge in [0, 0.05) is 23.6 Å². The van der Waals surface area contributed by atoms with Gasteiger partial charge in [-0.05, 0) is 36.8 Å². The maximum Gasteiger partial charge on any atom is 0.414 e. The molecule has 1 aromatic heterocycles. The zero-order valence-electron chi connectivity index (χ0n) is 12.1. The monoisotopic (exact) mass is 317 g/mol. The minimum absolute atomic E-state index is 0.0667. The Balaban J connectivity index is 1.78. The third kappa shape index (κ3) is 3.14. The highest BCUT2D eigenvalue weighted by atomic mass is 35.5. The number of hydrogen-bond donors (Lipinski definition) is 1. The molecule has 1 amide bonds. The van der Waals surface area contributed by atoms with Crippen molar-refractivity contribution in [1.29, 1.82) is 0 Å². The standard InChI is InChI=1S/C16H16ClN3O2/c1-11(19-13-5-6-18-15(17)10-13)12-3-2-4-14(9-12)20-7-8-22-16(20)21/h2-6,9-11H,7-8H2,1H3,(H,18,19). The highest BCUT2D eigenvalue weighted by molar-refractivity contribution is 6.29. The van der Waals surface area contributed by atoms with Crippen molar-refractivity contribution in [3.8, 4) is 0 Å². The Bertz CT molecular complexity index is 693. The highest BCUT2D eigenvalue weighted by Gasteiger charge is 2.23. The van der Waals surface area contributed by atoms with E-state index in [1.165, 1.54) is 0 Å². The molecule has 0 bridgehead atoms. The van der Waals surface area contributed by atoms with Crippen LogP contribution in [0, 0.1) is 0 Å². The molecule has 6 heteroatoms. The van der Waals surface area contributed by atoms with Gasteiger partial charge in [0.15, 0.2) is 0 Å². The molecule has 22 heavy (non-hydrogen) atoms. The second-order valence-corrected chi connectivity index (χ2v) is 5.48. The van der Waals surface area contributed by atoms with Gasteiger partial charge in [-0.25, -0.2) is 9.78 Å². The first-order chi connectivity index (χ1) is 10.6. The number of carbonyl (C=O) groups is 1. The fourth-order valence-corrected chi connectivity index (χ4v) is 2.59. The minimum atomic E-state index is -0.293. The van der Waals surface area contributed by atoms with Crippen LogP contribution < -0.4 is 10.2 Å². The van der Waals surface area contributed by atoms with Crippen LogP contribution >= 0.6 is 11.6 Å². The molecule has 0 spiro atoms. The fraction of sp³-hybridized carbons (Fsp3) is 0.250. The zero-order valence-corrected chi connectivity index (χ0v) is 12.9. The summed E-state index contributed by atoms with van der Waals surface area (Å²) in [5.41, 5.74) is 2.82. The quantitative estimate of drug-likeness (QED) is 0.870. The molecule has 2 aromatic rings. The lowest BCUT2D eigenvalue weighted by molar-refractivity contribution is 0.181. The van der Waals surface area contributed by atoms with Gasteiger partial charge in [-0.2, -0.15) is 0 Å². The first-order valence-electron chi connectivity index (χ1n) is 7.06. The molecular formula is C16H16ClN3O2. The van der Waals surface area contributed by atoms with E-state index in [1.54, 1.807) is 17.2 Å². The second-order valence-electron chi connectivity index (χ2n) is 5.09. The summed E-state index contributed by atoms with van der Waals surface area (Å²) >= 11 is 5.89. The van der Waals surface area contributed by atoms with Gasteiger partial charge < -0.3 is 10.1 Å². The first-order valence-corrected chi connectivity index (χ1v) is 7.43. The molecule has 2 heterocycles. The van der Waals surface area contributed by atoms with E-state index in [0.717, 1.165) is 16.9 Å². The van der Waals surface area contributed by atoms with Crippen LogP contribution in [0.15, 0.2) is 42.6 Å². The minimum Gasteiger partial charge on any atom is -0.447 e. The number of hydrogen-bond acceptors (Lipinski definition) is 4. The number of halogens is 1. The Morgan fingerprint density at radius 1 is 1.36 bits per heavy atom. The van der Waals surface area contributed by atoms with Gasteiger partial charge in [-0.3, -0.25) is 4.90 Å². The number of pyridine rings is 1. The highest BCUT2D eigenvalue weighted by Crippen LogP contribution is 2.25. The van der Waals surface area contributed by atoms with Gasteiger partial charge in [0.1, 0.15) is 11.8 Å². The van der Waals surface area contributed by atoms with E-state index in [2.05, 4.69) is 17.2 Å². The lowest BCUT2D eigenvalue weighted by atomic mass is 10.1. The van der Waals surface area contributed by atoms with Crippen molar-refractivity contribution in [3.05, 3.63) is 53.3 Å². The number of nitrogens with zero attached hydrogens (tertiary/aromatic N) is 2. The van der Waals surface area contributed by atoms with Gasteiger partial charge in [0.2, 0.25) is 0 Å². The number of benzene rings is 1. The summed E-state index contributed by atoms with van der Waals surface area (Å²) in [6.07, 6.45) is 1.37. The lowest BCUT2D eigenvalue weighted by Gasteiger charge is -2.19. The van der Waals surface area contributed by atoms with Crippen molar-refractivity contribution < 1.29 is 9.53 Å².